The standard InChI is InChI=1S/C18H20N2O2S2/c1-2-10-20-17(22)15-11-6-3-4-8-13(11)23-16(15)19-18(20)24-14-9-5-7-12(14)21/h2,14H,1,3-10H2/t14-/m0/s1. The van der Waals surface area contributed by atoms with Gasteiger partial charge in [-0.15, -0.1) is 17.9 Å². The maximum atomic E-state index is 13.1. The SMILES string of the molecule is C=CCn1c(S[C@H]2CCCC2=O)nc2sc3c(c2c1=O)CCCC3. The molecule has 0 saturated heterocycles. The van der Waals surface area contributed by atoms with Gasteiger partial charge in [0.25, 0.3) is 5.56 Å². The molecule has 0 spiro atoms. The Kier molecular flexibility index (Phi) is 4.35. The van der Waals surface area contributed by atoms with Gasteiger partial charge in [-0.1, -0.05) is 17.8 Å². The second-order valence-electron chi connectivity index (χ2n) is 6.45. The smallest absolute Gasteiger partial charge is 0.263 e. The van der Waals surface area contributed by atoms with E-state index in [0.29, 0.717) is 18.1 Å². The summed E-state index contributed by atoms with van der Waals surface area (Å²) in [7, 11) is 0. The summed E-state index contributed by atoms with van der Waals surface area (Å²) in [5.74, 6) is 0.282. The fourth-order valence-electron chi connectivity index (χ4n) is 3.64. The van der Waals surface area contributed by atoms with E-state index < -0.39 is 0 Å². The van der Waals surface area contributed by atoms with E-state index in [-0.39, 0.29) is 16.6 Å². The van der Waals surface area contributed by atoms with Gasteiger partial charge < -0.3 is 0 Å². The van der Waals surface area contributed by atoms with Gasteiger partial charge in [-0.25, -0.2) is 4.98 Å². The van der Waals surface area contributed by atoms with E-state index in [9.17, 15) is 9.59 Å². The summed E-state index contributed by atoms with van der Waals surface area (Å²) in [6.07, 6.45) is 8.58. The predicted molar refractivity (Wildman–Crippen MR) is 99.2 cm³/mol. The van der Waals surface area contributed by atoms with Crippen molar-refractivity contribution in [2.24, 2.45) is 0 Å². The van der Waals surface area contributed by atoms with Crippen molar-refractivity contribution >= 4 is 39.1 Å². The Morgan fingerprint density at radius 2 is 2.08 bits per heavy atom. The first kappa shape index (κ1) is 16.1. The van der Waals surface area contributed by atoms with E-state index in [2.05, 4.69) is 6.58 Å². The topological polar surface area (TPSA) is 52.0 Å². The second-order valence-corrected chi connectivity index (χ2v) is 8.71. The van der Waals surface area contributed by atoms with Gasteiger partial charge in [0.2, 0.25) is 0 Å². The molecule has 24 heavy (non-hydrogen) atoms. The van der Waals surface area contributed by atoms with E-state index in [1.54, 1.807) is 22.0 Å². The summed E-state index contributed by atoms with van der Waals surface area (Å²) in [6.45, 7) is 4.22. The Hall–Kier alpha value is -1.40. The molecule has 1 atom stereocenters. The Morgan fingerprint density at radius 3 is 2.83 bits per heavy atom. The van der Waals surface area contributed by atoms with Crippen molar-refractivity contribution in [2.75, 3.05) is 0 Å². The predicted octanol–water partition coefficient (Wildman–Crippen LogP) is 3.74. The number of aryl methyl sites for hydroxylation is 2. The molecule has 1 fully saturated rings. The number of hydrogen-bond acceptors (Lipinski definition) is 5. The maximum absolute atomic E-state index is 13.1. The number of thiophene rings is 1. The van der Waals surface area contributed by atoms with E-state index in [4.69, 9.17) is 4.98 Å². The number of rotatable bonds is 4. The molecule has 2 aliphatic rings. The molecule has 2 aromatic heterocycles. The van der Waals surface area contributed by atoms with Gasteiger partial charge in [-0.2, -0.15) is 0 Å². The van der Waals surface area contributed by atoms with Crippen molar-refractivity contribution < 1.29 is 4.79 Å². The van der Waals surface area contributed by atoms with Crippen LogP contribution in [0.15, 0.2) is 22.6 Å². The lowest BCUT2D eigenvalue weighted by molar-refractivity contribution is -0.116. The van der Waals surface area contributed by atoms with E-state index >= 15 is 0 Å². The first-order chi connectivity index (χ1) is 11.7. The summed E-state index contributed by atoms with van der Waals surface area (Å²) in [5, 5.41) is 1.42. The number of allylic oxidation sites excluding steroid dienone is 1. The average molecular weight is 361 g/mol. The van der Waals surface area contributed by atoms with Crippen LogP contribution in [0.25, 0.3) is 10.2 Å². The van der Waals surface area contributed by atoms with Crippen LogP contribution in [0.3, 0.4) is 0 Å². The van der Waals surface area contributed by atoms with Crippen molar-refractivity contribution in [2.45, 2.75) is 61.9 Å². The molecule has 2 aliphatic carbocycles. The Bertz CT molecular complexity index is 881. The zero-order valence-electron chi connectivity index (χ0n) is 13.5. The normalized spacial score (nSPS) is 20.5. The molecule has 2 aromatic rings. The molecule has 126 valence electrons. The van der Waals surface area contributed by atoms with Gasteiger partial charge in [-0.3, -0.25) is 14.2 Å². The number of nitrogens with zero attached hydrogens (tertiary/aromatic N) is 2. The first-order valence-corrected chi connectivity index (χ1v) is 10.2. The lowest BCUT2D eigenvalue weighted by atomic mass is 9.97. The Labute approximate surface area is 149 Å². The zero-order chi connectivity index (χ0) is 16.7. The highest BCUT2D eigenvalue weighted by Crippen LogP contribution is 2.36. The van der Waals surface area contributed by atoms with Gasteiger partial charge >= 0.3 is 0 Å². The summed E-state index contributed by atoms with van der Waals surface area (Å²) < 4.78 is 1.70. The van der Waals surface area contributed by atoms with E-state index in [1.165, 1.54) is 28.6 Å². The van der Waals surface area contributed by atoms with Crippen LogP contribution < -0.4 is 5.56 Å². The number of hydrogen-bond donors (Lipinski definition) is 0. The van der Waals surface area contributed by atoms with Crippen LogP contribution in [0.1, 0.15) is 42.5 Å². The monoisotopic (exact) mass is 360 g/mol. The molecule has 0 aromatic carbocycles. The maximum Gasteiger partial charge on any atom is 0.263 e. The van der Waals surface area contributed by atoms with Crippen molar-refractivity contribution in [3.05, 3.63) is 33.4 Å². The third-order valence-electron chi connectivity index (χ3n) is 4.85. The summed E-state index contributed by atoms with van der Waals surface area (Å²) in [4.78, 5) is 32.1. The molecule has 0 radical (unpaired) electrons. The molecule has 6 heteroatoms. The number of Topliss-reactive ketones (excluding diaryl/α,β-unsaturated/α-hetero) is 1. The van der Waals surface area contributed by atoms with Crippen LogP contribution in [-0.2, 0) is 24.2 Å². The Morgan fingerprint density at radius 1 is 1.25 bits per heavy atom. The van der Waals surface area contributed by atoms with Crippen LogP contribution in [-0.4, -0.2) is 20.6 Å². The molecule has 0 bridgehead atoms. The van der Waals surface area contributed by atoms with Crippen LogP contribution in [0.4, 0.5) is 0 Å². The van der Waals surface area contributed by atoms with Crippen molar-refractivity contribution in [3.8, 4) is 0 Å². The van der Waals surface area contributed by atoms with Gasteiger partial charge in [0.1, 0.15) is 10.6 Å². The van der Waals surface area contributed by atoms with E-state index in [1.807, 2.05) is 0 Å². The third-order valence-corrected chi connectivity index (χ3v) is 7.34. The van der Waals surface area contributed by atoms with Crippen molar-refractivity contribution in [3.63, 3.8) is 0 Å². The summed E-state index contributed by atoms with van der Waals surface area (Å²) >= 11 is 3.13. The fourth-order valence-corrected chi connectivity index (χ4v) is 6.16. The first-order valence-electron chi connectivity index (χ1n) is 8.54. The number of ketones is 1. The molecule has 0 unspecified atom stereocenters. The third kappa shape index (κ3) is 2.65. The number of carbonyl (C=O) groups excluding carboxylic acids is 1. The van der Waals surface area contributed by atoms with Crippen LogP contribution in [0, 0.1) is 0 Å². The molecule has 2 heterocycles. The fraction of sp³-hybridized carbons (Fsp3) is 0.500. The van der Waals surface area contributed by atoms with Gasteiger partial charge in [0, 0.05) is 17.8 Å². The molecule has 0 N–H and O–H groups in total. The molecular weight excluding hydrogens is 340 g/mol. The lowest BCUT2D eigenvalue weighted by Crippen LogP contribution is -2.24. The molecule has 1 saturated carbocycles. The highest BCUT2D eigenvalue weighted by Gasteiger charge is 2.28. The molecular formula is C18H20N2O2S2. The van der Waals surface area contributed by atoms with E-state index in [0.717, 1.165) is 42.3 Å². The number of carbonyl (C=O) groups is 1. The number of thioether (sulfide) groups is 1. The largest absolute Gasteiger partial charge is 0.298 e. The highest BCUT2D eigenvalue weighted by molar-refractivity contribution is 8.00. The minimum Gasteiger partial charge on any atom is -0.298 e. The quantitative estimate of drug-likeness (QED) is 0.616. The van der Waals surface area contributed by atoms with Crippen LogP contribution >= 0.6 is 23.1 Å². The molecule has 0 amide bonds. The number of fused-ring (bicyclic) bond motifs is 3. The molecule has 4 rings (SSSR count). The highest BCUT2D eigenvalue weighted by atomic mass is 32.2. The van der Waals surface area contributed by atoms with Gasteiger partial charge in [0.15, 0.2) is 5.16 Å². The minimum absolute atomic E-state index is 0.0345. The zero-order valence-corrected chi connectivity index (χ0v) is 15.2. The summed E-state index contributed by atoms with van der Waals surface area (Å²) in [5.41, 5.74) is 1.25. The van der Waals surface area contributed by atoms with Gasteiger partial charge in [-0.05, 0) is 44.1 Å². The average Bonchev–Trinajstić information content (AvgIpc) is 3.14. The lowest BCUT2D eigenvalue weighted by Gasteiger charge is -2.14. The molecule has 0 aliphatic heterocycles. The Balaban J connectivity index is 1.86. The van der Waals surface area contributed by atoms with Crippen molar-refractivity contribution in [1.29, 1.82) is 0 Å². The van der Waals surface area contributed by atoms with Crippen LogP contribution in [0.5, 0.6) is 0 Å². The minimum atomic E-state index is -0.0556. The second kappa shape index (κ2) is 6.48. The summed E-state index contributed by atoms with van der Waals surface area (Å²) in [6, 6.07) is 0. The van der Waals surface area contributed by atoms with Crippen LogP contribution in [0.2, 0.25) is 0 Å². The van der Waals surface area contributed by atoms with Gasteiger partial charge in [0.05, 0.1) is 10.6 Å². The number of aromatic nitrogens is 2. The molecule has 4 nitrogen and oxygen atoms in total. The van der Waals surface area contributed by atoms with Crippen molar-refractivity contribution in [1.82, 2.24) is 9.55 Å².